The Morgan fingerprint density at radius 2 is 1.79 bits per heavy atom. The van der Waals surface area contributed by atoms with Crippen LogP contribution >= 0.6 is 0 Å². The van der Waals surface area contributed by atoms with E-state index in [0.717, 1.165) is 5.69 Å². The van der Waals surface area contributed by atoms with Crippen molar-refractivity contribution in [3.05, 3.63) is 29.3 Å². The van der Waals surface area contributed by atoms with E-state index in [9.17, 15) is 19.8 Å². The van der Waals surface area contributed by atoms with E-state index in [1.165, 1.54) is 0 Å². The fraction of sp³-hybridized carbons (Fsp3) is 0.529. The first-order valence-electron chi connectivity index (χ1n) is 7.91. The van der Waals surface area contributed by atoms with Crippen LogP contribution in [0.4, 0.5) is 10.5 Å². The molecule has 0 spiro atoms. The zero-order valence-corrected chi connectivity index (χ0v) is 14.3. The summed E-state index contributed by atoms with van der Waals surface area (Å²) in [6.45, 7) is 7.39. The number of hydrogen-bond donors (Lipinski definition) is 2. The SMILES string of the molecule is CC(C)(C)OC(=O)N1CCN(c2ccc(CO)c(C(=O)O)c2)CC1. The van der Waals surface area contributed by atoms with E-state index in [1.54, 1.807) is 23.1 Å². The van der Waals surface area contributed by atoms with Gasteiger partial charge in [0.15, 0.2) is 0 Å². The van der Waals surface area contributed by atoms with Crippen LogP contribution in [0.15, 0.2) is 18.2 Å². The van der Waals surface area contributed by atoms with Crippen molar-refractivity contribution in [3.63, 3.8) is 0 Å². The number of nitrogens with zero attached hydrogens (tertiary/aromatic N) is 2. The standard InChI is InChI=1S/C17H24N2O5/c1-17(2,3)24-16(23)19-8-6-18(7-9-19)13-5-4-12(11-20)14(10-13)15(21)22/h4-5,10,20H,6-9,11H2,1-3H3,(H,21,22). The van der Waals surface area contributed by atoms with Crippen LogP contribution in [0.3, 0.4) is 0 Å². The second kappa shape index (κ2) is 7.09. The van der Waals surface area contributed by atoms with Crippen molar-refractivity contribution in [2.45, 2.75) is 33.0 Å². The van der Waals surface area contributed by atoms with Crippen molar-refractivity contribution < 1.29 is 24.5 Å². The van der Waals surface area contributed by atoms with Gasteiger partial charge in [0.05, 0.1) is 12.2 Å². The number of benzene rings is 1. The highest BCUT2D eigenvalue weighted by Gasteiger charge is 2.26. The molecule has 7 heteroatoms. The molecule has 0 aliphatic carbocycles. The van der Waals surface area contributed by atoms with Crippen LogP contribution in [0.1, 0.15) is 36.7 Å². The number of carbonyl (C=O) groups is 2. The molecule has 1 amide bonds. The molecule has 1 aromatic carbocycles. The molecule has 1 aliphatic heterocycles. The molecule has 1 heterocycles. The number of rotatable bonds is 3. The third-order valence-corrected chi connectivity index (χ3v) is 3.79. The number of hydrogen-bond acceptors (Lipinski definition) is 5. The summed E-state index contributed by atoms with van der Waals surface area (Å²) < 4.78 is 5.36. The predicted octanol–water partition coefficient (Wildman–Crippen LogP) is 1.93. The molecule has 1 fully saturated rings. The van der Waals surface area contributed by atoms with Crippen molar-refractivity contribution in [2.24, 2.45) is 0 Å². The predicted molar refractivity (Wildman–Crippen MR) is 89.3 cm³/mol. The molecule has 24 heavy (non-hydrogen) atoms. The summed E-state index contributed by atoms with van der Waals surface area (Å²) in [5.41, 5.74) is 0.738. The maximum absolute atomic E-state index is 12.1. The van der Waals surface area contributed by atoms with Gasteiger partial charge in [0.25, 0.3) is 0 Å². The molecule has 1 aliphatic rings. The summed E-state index contributed by atoms with van der Waals surface area (Å²) in [6.07, 6.45) is -0.330. The van der Waals surface area contributed by atoms with Gasteiger partial charge in [0.2, 0.25) is 0 Å². The zero-order valence-electron chi connectivity index (χ0n) is 14.3. The maximum Gasteiger partial charge on any atom is 0.410 e. The largest absolute Gasteiger partial charge is 0.478 e. The number of aliphatic hydroxyl groups is 1. The molecule has 0 saturated carbocycles. The lowest BCUT2D eigenvalue weighted by Crippen LogP contribution is -2.50. The molecule has 0 atom stereocenters. The Kier molecular flexibility index (Phi) is 5.33. The fourth-order valence-electron chi connectivity index (χ4n) is 2.57. The van der Waals surface area contributed by atoms with E-state index in [1.807, 2.05) is 25.7 Å². The molecule has 1 saturated heterocycles. The first kappa shape index (κ1) is 18.1. The van der Waals surface area contributed by atoms with Gasteiger partial charge in [0.1, 0.15) is 5.60 Å². The summed E-state index contributed by atoms with van der Waals surface area (Å²) in [5, 5.41) is 18.5. The number of ether oxygens (including phenoxy) is 1. The Hall–Kier alpha value is -2.28. The number of amides is 1. The van der Waals surface area contributed by atoms with Gasteiger partial charge in [-0.2, -0.15) is 0 Å². The lowest BCUT2D eigenvalue weighted by Gasteiger charge is -2.36. The van der Waals surface area contributed by atoms with Crippen LogP contribution in [-0.2, 0) is 11.3 Å². The minimum Gasteiger partial charge on any atom is -0.478 e. The fourth-order valence-corrected chi connectivity index (χ4v) is 2.57. The molecular formula is C17H24N2O5. The van der Waals surface area contributed by atoms with Gasteiger partial charge in [-0.3, -0.25) is 0 Å². The molecule has 0 bridgehead atoms. The minimum atomic E-state index is -1.06. The average Bonchev–Trinajstić information content (AvgIpc) is 2.52. The second-order valence-electron chi connectivity index (χ2n) is 6.76. The minimum absolute atomic E-state index is 0.101. The summed E-state index contributed by atoms with van der Waals surface area (Å²) in [7, 11) is 0. The van der Waals surface area contributed by atoms with E-state index >= 15 is 0 Å². The first-order chi connectivity index (χ1) is 11.2. The number of carbonyl (C=O) groups excluding carboxylic acids is 1. The third-order valence-electron chi connectivity index (χ3n) is 3.79. The maximum atomic E-state index is 12.1. The van der Waals surface area contributed by atoms with Crippen molar-refractivity contribution >= 4 is 17.7 Å². The van der Waals surface area contributed by atoms with Gasteiger partial charge in [0, 0.05) is 31.9 Å². The second-order valence-corrected chi connectivity index (χ2v) is 6.76. The topological polar surface area (TPSA) is 90.3 Å². The zero-order chi connectivity index (χ0) is 17.9. The quantitative estimate of drug-likeness (QED) is 0.876. The molecule has 2 rings (SSSR count). The Bertz CT molecular complexity index is 616. The molecule has 0 aromatic heterocycles. The molecule has 7 nitrogen and oxygen atoms in total. The number of anilines is 1. The van der Waals surface area contributed by atoms with Gasteiger partial charge < -0.3 is 24.7 Å². The molecule has 132 valence electrons. The number of aliphatic hydroxyl groups excluding tert-OH is 1. The van der Waals surface area contributed by atoms with Crippen molar-refractivity contribution in [2.75, 3.05) is 31.1 Å². The van der Waals surface area contributed by atoms with Gasteiger partial charge >= 0.3 is 12.1 Å². The molecule has 2 N–H and O–H groups in total. The summed E-state index contributed by atoms with van der Waals surface area (Å²) in [6, 6.07) is 4.98. The number of carboxylic acids is 1. The monoisotopic (exact) mass is 336 g/mol. The van der Waals surface area contributed by atoms with E-state index in [-0.39, 0.29) is 18.3 Å². The lowest BCUT2D eigenvalue weighted by molar-refractivity contribution is 0.0240. The summed E-state index contributed by atoms with van der Waals surface area (Å²) >= 11 is 0. The molecular weight excluding hydrogens is 312 g/mol. The highest BCUT2D eigenvalue weighted by atomic mass is 16.6. The van der Waals surface area contributed by atoms with Crippen molar-refractivity contribution in [1.82, 2.24) is 4.90 Å². The Labute approximate surface area is 141 Å². The van der Waals surface area contributed by atoms with Gasteiger partial charge in [-0.1, -0.05) is 6.07 Å². The Morgan fingerprint density at radius 3 is 2.29 bits per heavy atom. The molecule has 1 aromatic rings. The number of aromatic carboxylic acids is 1. The highest BCUT2D eigenvalue weighted by Crippen LogP contribution is 2.22. The molecule has 0 unspecified atom stereocenters. The van der Waals surface area contributed by atoms with Crippen molar-refractivity contribution in [3.8, 4) is 0 Å². The van der Waals surface area contributed by atoms with Crippen LogP contribution < -0.4 is 4.90 Å². The van der Waals surface area contributed by atoms with Gasteiger partial charge in [-0.25, -0.2) is 9.59 Å². The third kappa shape index (κ3) is 4.38. The normalized spacial score (nSPS) is 15.3. The highest BCUT2D eigenvalue weighted by molar-refractivity contribution is 5.90. The van der Waals surface area contributed by atoms with Crippen molar-refractivity contribution in [1.29, 1.82) is 0 Å². The number of carboxylic acid groups (broad SMARTS) is 1. The van der Waals surface area contributed by atoms with Crippen LogP contribution in [0.2, 0.25) is 0 Å². The smallest absolute Gasteiger partial charge is 0.410 e. The van der Waals surface area contributed by atoms with Crippen LogP contribution in [-0.4, -0.2) is 59.0 Å². The molecule has 0 radical (unpaired) electrons. The van der Waals surface area contributed by atoms with Crippen LogP contribution in [0.25, 0.3) is 0 Å². The van der Waals surface area contributed by atoms with Crippen LogP contribution in [0, 0.1) is 0 Å². The average molecular weight is 336 g/mol. The number of piperazine rings is 1. The van der Waals surface area contributed by atoms with E-state index in [4.69, 9.17) is 4.74 Å². The van der Waals surface area contributed by atoms with Gasteiger partial charge in [-0.15, -0.1) is 0 Å². The summed E-state index contributed by atoms with van der Waals surface area (Å²) in [5.74, 6) is -1.06. The Morgan fingerprint density at radius 1 is 1.17 bits per heavy atom. The van der Waals surface area contributed by atoms with E-state index in [0.29, 0.717) is 31.7 Å². The summed E-state index contributed by atoms with van der Waals surface area (Å²) in [4.78, 5) is 27.0. The van der Waals surface area contributed by atoms with Crippen LogP contribution in [0.5, 0.6) is 0 Å². The Balaban J connectivity index is 2.03. The first-order valence-corrected chi connectivity index (χ1v) is 7.91. The lowest BCUT2D eigenvalue weighted by atomic mass is 10.1. The van der Waals surface area contributed by atoms with Gasteiger partial charge in [-0.05, 0) is 38.5 Å². The van der Waals surface area contributed by atoms with E-state index < -0.39 is 11.6 Å². The van der Waals surface area contributed by atoms with E-state index in [2.05, 4.69) is 0 Å².